The van der Waals surface area contributed by atoms with E-state index in [0.717, 1.165) is 16.4 Å². The van der Waals surface area contributed by atoms with E-state index in [4.69, 9.17) is 0 Å². The molecule has 2 rings (SSSR count). The number of aromatic nitrogens is 2. The Hall–Kier alpha value is -1.62. The molecule has 0 radical (unpaired) electrons. The van der Waals surface area contributed by atoms with Gasteiger partial charge in [0.05, 0.1) is 0 Å². The monoisotopic (exact) mass is 263 g/mol. The standard InChI is InChI=1S/C13H14FN3S/c1-8-12(15-3)16-9(2)17-13(8)18-11-7-5-4-6-10(11)14/h4-7H,1-3H3,(H,15,16,17). The molecule has 0 fully saturated rings. The van der Waals surface area contributed by atoms with Gasteiger partial charge in [0, 0.05) is 17.5 Å². The molecule has 5 heteroatoms. The maximum atomic E-state index is 13.6. The van der Waals surface area contributed by atoms with Crippen molar-refractivity contribution in [3.63, 3.8) is 0 Å². The fourth-order valence-corrected chi connectivity index (χ4v) is 2.53. The number of anilines is 1. The molecule has 1 aromatic carbocycles. The summed E-state index contributed by atoms with van der Waals surface area (Å²) >= 11 is 1.32. The van der Waals surface area contributed by atoms with Gasteiger partial charge in [-0.2, -0.15) is 0 Å². The predicted octanol–water partition coefficient (Wildman–Crippen LogP) is 3.43. The third kappa shape index (κ3) is 2.61. The second-order valence-electron chi connectivity index (χ2n) is 3.83. The molecule has 18 heavy (non-hydrogen) atoms. The van der Waals surface area contributed by atoms with Gasteiger partial charge >= 0.3 is 0 Å². The van der Waals surface area contributed by atoms with Gasteiger partial charge in [0.15, 0.2) is 0 Å². The SMILES string of the molecule is CNc1nc(C)nc(Sc2ccccc2F)c1C. The smallest absolute Gasteiger partial charge is 0.137 e. The third-order valence-corrected chi connectivity index (χ3v) is 3.63. The molecule has 1 aromatic heterocycles. The highest BCUT2D eigenvalue weighted by atomic mass is 32.2. The number of rotatable bonds is 3. The van der Waals surface area contributed by atoms with E-state index in [1.807, 2.05) is 27.0 Å². The molecule has 0 spiro atoms. The Kier molecular flexibility index (Phi) is 3.81. The van der Waals surface area contributed by atoms with E-state index in [2.05, 4.69) is 15.3 Å². The maximum absolute atomic E-state index is 13.6. The summed E-state index contributed by atoms with van der Waals surface area (Å²) < 4.78 is 13.6. The molecule has 0 amide bonds. The van der Waals surface area contributed by atoms with Gasteiger partial charge in [0.2, 0.25) is 0 Å². The number of aryl methyl sites for hydroxylation is 1. The van der Waals surface area contributed by atoms with Crippen molar-refractivity contribution in [3.8, 4) is 0 Å². The lowest BCUT2D eigenvalue weighted by molar-refractivity contribution is 0.602. The van der Waals surface area contributed by atoms with Crippen molar-refractivity contribution in [2.24, 2.45) is 0 Å². The van der Waals surface area contributed by atoms with Gasteiger partial charge in [-0.1, -0.05) is 23.9 Å². The number of nitrogens with one attached hydrogen (secondary N) is 1. The highest BCUT2D eigenvalue weighted by molar-refractivity contribution is 7.99. The Morgan fingerprint density at radius 3 is 2.56 bits per heavy atom. The lowest BCUT2D eigenvalue weighted by atomic mass is 10.3. The van der Waals surface area contributed by atoms with Crippen LogP contribution in [-0.4, -0.2) is 17.0 Å². The van der Waals surface area contributed by atoms with Crippen LogP contribution in [0.2, 0.25) is 0 Å². The van der Waals surface area contributed by atoms with Crippen molar-refractivity contribution in [2.75, 3.05) is 12.4 Å². The van der Waals surface area contributed by atoms with Crippen LogP contribution in [0.5, 0.6) is 0 Å². The molecule has 1 N–H and O–H groups in total. The van der Waals surface area contributed by atoms with E-state index in [-0.39, 0.29) is 5.82 Å². The first-order valence-electron chi connectivity index (χ1n) is 5.57. The minimum Gasteiger partial charge on any atom is -0.373 e. The van der Waals surface area contributed by atoms with Crippen molar-refractivity contribution in [2.45, 2.75) is 23.8 Å². The zero-order valence-corrected chi connectivity index (χ0v) is 11.3. The Bertz CT molecular complexity index is 572. The fourth-order valence-electron chi connectivity index (χ4n) is 1.58. The minimum atomic E-state index is -0.232. The van der Waals surface area contributed by atoms with Gasteiger partial charge in [-0.15, -0.1) is 0 Å². The Balaban J connectivity index is 2.40. The van der Waals surface area contributed by atoms with E-state index in [9.17, 15) is 4.39 Å². The molecule has 94 valence electrons. The topological polar surface area (TPSA) is 37.8 Å². The molecule has 0 atom stereocenters. The minimum absolute atomic E-state index is 0.232. The molecule has 2 aromatic rings. The van der Waals surface area contributed by atoms with Crippen molar-refractivity contribution in [1.82, 2.24) is 9.97 Å². The zero-order valence-electron chi connectivity index (χ0n) is 10.5. The van der Waals surface area contributed by atoms with E-state index in [1.54, 1.807) is 12.1 Å². The van der Waals surface area contributed by atoms with Crippen LogP contribution >= 0.6 is 11.8 Å². The van der Waals surface area contributed by atoms with E-state index in [0.29, 0.717) is 10.7 Å². The van der Waals surface area contributed by atoms with E-state index >= 15 is 0 Å². The van der Waals surface area contributed by atoms with Crippen LogP contribution in [0.4, 0.5) is 10.2 Å². The molecular formula is C13H14FN3S. The van der Waals surface area contributed by atoms with Crippen molar-refractivity contribution < 1.29 is 4.39 Å². The van der Waals surface area contributed by atoms with Gasteiger partial charge in [-0.3, -0.25) is 0 Å². The molecule has 0 unspecified atom stereocenters. The van der Waals surface area contributed by atoms with Gasteiger partial charge in [0.25, 0.3) is 0 Å². The van der Waals surface area contributed by atoms with Crippen molar-refractivity contribution in [1.29, 1.82) is 0 Å². The Morgan fingerprint density at radius 2 is 1.89 bits per heavy atom. The van der Waals surface area contributed by atoms with Crippen LogP contribution < -0.4 is 5.32 Å². The Morgan fingerprint density at radius 1 is 1.17 bits per heavy atom. The first-order valence-corrected chi connectivity index (χ1v) is 6.39. The molecule has 1 heterocycles. The molecule has 0 aliphatic carbocycles. The van der Waals surface area contributed by atoms with Gasteiger partial charge in [-0.25, -0.2) is 14.4 Å². The second kappa shape index (κ2) is 5.35. The first kappa shape index (κ1) is 12.8. The number of hydrogen-bond donors (Lipinski definition) is 1. The summed E-state index contributed by atoms with van der Waals surface area (Å²) in [6, 6.07) is 6.69. The molecule has 0 aliphatic rings. The summed E-state index contributed by atoms with van der Waals surface area (Å²) in [6.45, 7) is 3.75. The van der Waals surface area contributed by atoms with Crippen molar-refractivity contribution >= 4 is 17.6 Å². The summed E-state index contributed by atoms with van der Waals surface area (Å²) in [4.78, 5) is 9.22. The molecule has 0 bridgehead atoms. The van der Waals surface area contributed by atoms with Crippen molar-refractivity contribution in [3.05, 3.63) is 41.5 Å². The number of nitrogens with zero attached hydrogens (tertiary/aromatic N) is 2. The number of benzene rings is 1. The second-order valence-corrected chi connectivity index (χ2v) is 4.86. The fraction of sp³-hybridized carbons (Fsp3) is 0.231. The molecule has 0 saturated carbocycles. The summed E-state index contributed by atoms with van der Waals surface area (Å²) in [5.74, 6) is 1.22. The molecule has 3 nitrogen and oxygen atoms in total. The lowest BCUT2D eigenvalue weighted by Crippen LogP contribution is -2.02. The number of halogens is 1. The maximum Gasteiger partial charge on any atom is 0.137 e. The van der Waals surface area contributed by atoms with Crippen LogP contribution in [0, 0.1) is 19.7 Å². The summed E-state index contributed by atoms with van der Waals surface area (Å²) in [6.07, 6.45) is 0. The molecule has 0 saturated heterocycles. The largest absolute Gasteiger partial charge is 0.373 e. The summed E-state index contributed by atoms with van der Waals surface area (Å²) in [5.41, 5.74) is 0.927. The normalized spacial score (nSPS) is 10.4. The first-order chi connectivity index (χ1) is 8.61. The van der Waals surface area contributed by atoms with Crippen LogP contribution in [-0.2, 0) is 0 Å². The highest BCUT2D eigenvalue weighted by Crippen LogP contribution is 2.32. The average Bonchev–Trinajstić information content (AvgIpc) is 2.36. The average molecular weight is 263 g/mol. The summed E-state index contributed by atoms with van der Waals surface area (Å²) in [7, 11) is 1.81. The Labute approximate surface area is 110 Å². The number of hydrogen-bond acceptors (Lipinski definition) is 4. The van der Waals surface area contributed by atoms with Gasteiger partial charge < -0.3 is 5.32 Å². The zero-order chi connectivity index (χ0) is 13.1. The van der Waals surface area contributed by atoms with Crippen LogP contribution in [0.15, 0.2) is 34.2 Å². The molecule has 0 aliphatic heterocycles. The summed E-state index contributed by atoms with van der Waals surface area (Å²) in [5, 5.41) is 3.79. The quantitative estimate of drug-likeness (QED) is 0.861. The molecular weight excluding hydrogens is 249 g/mol. The van der Waals surface area contributed by atoms with Crippen LogP contribution in [0.1, 0.15) is 11.4 Å². The van der Waals surface area contributed by atoms with E-state index in [1.165, 1.54) is 17.8 Å². The predicted molar refractivity (Wildman–Crippen MR) is 71.6 cm³/mol. The van der Waals surface area contributed by atoms with Crippen LogP contribution in [0.3, 0.4) is 0 Å². The van der Waals surface area contributed by atoms with E-state index < -0.39 is 0 Å². The van der Waals surface area contributed by atoms with Gasteiger partial charge in [-0.05, 0) is 26.0 Å². The highest BCUT2D eigenvalue weighted by Gasteiger charge is 2.11. The van der Waals surface area contributed by atoms with Gasteiger partial charge in [0.1, 0.15) is 22.5 Å². The third-order valence-electron chi connectivity index (χ3n) is 2.49. The van der Waals surface area contributed by atoms with Crippen LogP contribution in [0.25, 0.3) is 0 Å². The lowest BCUT2D eigenvalue weighted by Gasteiger charge is -2.10.